The van der Waals surface area contributed by atoms with Gasteiger partial charge in [-0.3, -0.25) is 0 Å². The van der Waals surface area contributed by atoms with E-state index in [-0.39, 0.29) is 24.7 Å². The second-order valence-electron chi connectivity index (χ2n) is 3.91. The van der Waals surface area contributed by atoms with E-state index in [2.05, 4.69) is 19.9 Å². The maximum atomic E-state index is 11.8. The van der Waals surface area contributed by atoms with Crippen LogP contribution < -0.4 is 5.73 Å². The number of hydrogen-bond donors (Lipinski definition) is 1. The predicted octanol–water partition coefficient (Wildman–Crippen LogP) is 1.84. The molecule has 0 unspecified atom stereocenters. The summed E-state index contributed by atoms with van der Waals surface area (Å²) in [5.41, 5.74) is 6.02. The number of halogens is 3. The molecule has 0 spiro atoms. The average Bonchev–Trinajstić information content (AvgIpc) is 2.83. The fourth-order valence-electron chi connectivity index (χ4n) is 1.36. The van der Waals surface area contributed by atoms with Crippen LogP contribution in [0.4, 0.5) is 19.0 Å². The van der Waals surface area contributed by atoms with E-state index in [1.807, 2.05) is 0 Å². The zero-order valence-corrected chi connectivity index (χ0v) is 10.2. The predicted molar refractivity (Wildman–Crippen MR) is 62.5 cm³/mol. The zero-order valence-electron chi connectivity index (χ0n) is 10.2. The standard InChI is InChI=1S/C11H11F3N4O2/c12-11(13,14)6-19-4-3-9-17-10(20-18-9)7-1-2-8(15)16-5-7/h1-2,5H,3-4,6H2,(H2,15,16). The van der Waals surface area contributed by atoms with Crippen molar-refractivity contribution in [3.63, 3.8) is 0 Å². The molecule has 0 fully saturated rings. The number of nitrogen functional groups attached to an aromatic ring is 1. The molecule has 0 atom stereocenters. The highest BCUT2D eigenvalue weighted by molar-refractivity contribution is 5.53. The molecule has 108 valence electrons. The Morgan fingerprint density at radius 3 is 2.75 bits per heavy atom. The summed E-state index contributed by atoms with van der Waals surface area (Å²) in [7, 11) is 0. The van der Waals surface area contributed by atoms with Crippen molar-refractivity contribution in [2.75, 3.05) is 18.9 Å². The van der Waals surface area contributed by atoms with Crippen molar-refractivity contribution in [2.45, 2.75) is 12.6 Å². The van der Waals surface area contributed by atoms with Crippen LogP contribution in [-0.4, -0.2) is 34.5 Å². The molecule has 2 aromatic rings. The van der Waals surface area contributed by atoms with Gasteiger partial charge < -0.3 is 15.0 Å². The summed E-state index contributed by atoms with van der Waals surface area (Å²) >= 11 is 0. The lowest BCUT2D eigenvalue weighted by atomic mass is 10.3. The first-order chi connectivity index (χ1) is 9.44. The van der Waals surface area contributed by atoms with E-state index in [4.69, 9.17) is 10.3 Å². The van der Waals surface area contributed by atoms with Gasteiger partial charge in [0.1, 0.15) is 12.4 Å². The summed E-state index contributed by atoms with van der Waals surface area (Å²) in [6, 6.07) is 3.23. The Morgan fingerprint density at radius 1 is 1.30 bits per heavy atom. The summed E-state index contributed by atoms with van der Waals surface area (Å²) in [5, 5.41) is 3.64. The highest BCUT2D eigenvalue weighted by Crippen LogP contribution is 2.17. The Kier molecular flexibility index (Phi) is 4.18. The number of alkyl halides is 3. The minimum Gasteiger partial charge on any atom is -0.384 e. The molecular weight excluding hydrogens is 277 g/mol. The van der Waals surface area contributed by atoms with Crippen LogP contribution in [0.3, 0.4) is 0 Å². The van der Waals surface area contributed by atoms with Crippen molar-refractivity contribution in [3.05, 3.63) is 24.2 Å². The van der Waals surface area contributed by atoms with E-state index in [9.17, 15) is 13.2 Å². The summed E-state index contributed by atoms with van der Waals surface area (Å²) in [4.78, 5) is 7.89. The second kappa shape index (κ2) is 5.87. The molecule has 0 saturated carbocycles. The lowest BCUT2D eigenvalue weighted by Crippen LogP contribution is -2.18. The zero-order chi connectivity index (χ0) is 14.6. The van der Waals surface area contributed by atoms with Crippen molar-refractivity contribution in [3.8, 4) is 11.5 Å². The molecule has 0 aliphatic heterocycles. The van der Waals surface area contributed by atoms with Crippen LogP contribution in [0.5, 0.6) is 0 Å². The number of nitrogens with two attached hydrogens (primary N) is 1. The molecule has 0 radical (unpaired) electrons. The van der Waals surface area contributed by atoms with E-state index in [0.717, 1.165) is 0 Å². The number of anilines is 1. The lowest BCUT2D eigenvalue weighted by molar-refractivity contribution is -0.173. The van der Waals surface area contributed by atoms with Gasteiger partial charge in [0.05, 0.1) is 12.2 Å². The molecule has 0 aliphatic carbocycles. The van der Waals surface area contributed by atoms with E-state index >= 15 is 0 Å². The first kappa shape index (κ1) is 14.3. The van der Waals surface area contributed by atoms with Gasteiger partial charge in [0.15, 0.2) is 5.82 Å². The smallest absolute Gasteiger partial charge is 0.384 e. The Morgan fingerprint density at radius 2 is 2.10 bits per heavy atom. The van der Waals surface area contributed by atoms with Crippen LogP contribution >= 0.6 is 0 Å². The number of nitrogens with zero attached hydrogens (tertiary/aromatic N) is 3. The number of ether oxygens (including phenoxy) is 1. The van der Waals surface area contributed by atoms with E-state index in [1.54, 1.807) is 12.1 Å². The third-order valence-corrected chi connectivity index (χ3v) is 2.24. The first-order valence-corrected chi connectivity index (χ1v) is 5.63. The minimum absolute atomic E-state index is 0.127. The van der Waals surface area contributed by atoms with Crippen molar-refractivity contribution in [1.29, 1.82) is 0 Å². The van der Waals surface area contributed by atoms with E-state index in [0.29, 0.717) is 11.4 Å². The van der Waals surface area contributed by atoms with Gasteiger partial charge in [-0.2, -0.15) is 18.2 Å². The Balaban J connectivity index is 1.88. The minimum atomic E-state index is -4.34. The summed E-state index contributed by atoms with van der Waals surface area (Å²) in [6.45, 7) is -1.43. The SMILES string of the molecule is Nc1ccc(-c2nc(CCOCC(F)(F)F)no2)cn1. The van der Waals surface area contributed by atoms with E-state index in [1.165, 1.54) is 6.20 Å². The van der Waals surface area contributed by atoms with Gasteiger partial charge in [-0.25, -0.2) is 4.98 Å². The molecule has 2 heterocycles. The number of aromatic nitrogens is 3. The van der Waals surface area contributed by atoms with Gasteiger partial charge in [-0.1, -0.05) is 5.16 Å². The highest BCUT2D eigenvalue weighted by atomic mass is 19.4. The van der Waals surface area contributed by atoms with Crippen LogP contribution in [0.25, 0.3) is 11.5 Å². The van der Waals surface area contributed by atoms with Crippen LogP contribution in [0.1, 0.15) is 5.82 Å². The third kappa shape index (κ3) is 4.19. The van der Waals surface area contributed by atoms with Crippen molar-refractivity contribution in [2.24, 2.45) is 0 Å². The molecule has 6 nitrogen and oxygen atoms in total. The van der Waals surface area contributed by atoms with Crippen LogP contribution in [-0.2, 0) is 11.2 Å². The van der Waals surface area contributed by atoms with E-state index < -0.39 is 12.8 Å². The second-order valence-corrected chi connectivity index (χ2v) is 3.91. The van der Waals surface area contributed by atoms with Gasteiger partial charge in [0.25, 0.3) is 5.89 Å². The van der Waals surface area contributed by atoms with Crippen molar-refractivity contribution >= 4 is 5.82 Å². The normalized spacial score (nSPS) is 11.8. The van der Waals surface area contributed by atoms with Gasteiger partial charge in [0.2, 0.25) is 0 Å². The van der Waals surface area contributed by atoms with Gasteiger partial charge in [-0.15, -0.1) is 0 Å². The average molecular weight is 288 g/mol. The highest BCUT2D eigenvalue weighted by Gasteiger charge is 2.27. The van der Waals surface area contributed by atoms with Crippen molar-refractivity contribution in [1.82, 2.24) is 15.1 Å². The largest absolute Gasteiger partial charge is 0.411 e. The quantitative estimate of drug-likeness (QED) is 0.845. The third-order valence-electron chi connectivity index (χ3n) is 2.24. The monoisotopic (exact) mass is 288 g/mol. The van der Waals surface area contributed by atoms with Crippen LogP contribution in [0.15, 0.2) is 22.9 Å². The maximum Gasteiger partial charge on any atom is 0.411 e. The topological polar surface area (TPSA) is 87.1 Å². The first-order valence-electron chi connectivity index (χ1n) is 5.63. The van der Waals surface area contributed by atoms with Gasteiger partial charge >= 0.3 is 6.18 Å². The fraction of sp³-hybridized carbons (Fsp3) is 0.364. The molecule has 20 heavy (non-hydrogen) atoms. The Hall–Kier alpha value is -2.16. The molecule has 0 saturated heterocycles. The van der Waals surface area contributed by atoms with Crippen molar-refractivity contribution < 1.29 is 22.4 Å². The molecule has 2 rings (SSSR count). The molecule has 2 N–H and O–H groups in total. The number of hydrogen-bond acceptors (Lipinski definition) is 6. The summed E-state index contributed by atoms with van der Waals surface area (Å²) in [6.07, 6.45) is -2.74. The summed E-state index contributed by atoms with van der Waals surface area (Å²) < 4.78 is 45.0. The number of rotatable bonds is 5. The summed E-state index contributed by atoms with van der Waals surface area (Å²) in [5.74, 6) is 0.844. The number of pyridine rings is 1. The Bertz CT molecular complexity index is 554. The molecular formula is C11H11F3N4O2. The maximum absolute atomic E-state index is 11.8. The molecule has 0 bridgehead atoms. The van der Waals surface area contributed by atoms with Gasteiger partial charge in [0, 0.05) is 12.6 Å². The lowest BCUT2D eigenvalue weighted by Gasteiger charge is -2.05. The van der Waals surface area contributed by atoms with Crippen LogP contribution in [0, 0.1) is 0 Å². The molecule has 0 aliphatic rings. The van der Waals surface area contributed by atoms with Crippen LogP contribution in [0.2, 0.25) is 0 Å². The molecule has 0 amide bonds. The molecule has 2 aromatic heterocycles. The fourth-order valence-corrected chi connectivity index (χ4v) is 1.36. The molecule has 0 aromatic carbocycles. The Labute approximate surface area is 111 Å². The van der Waals surface area contributed by atoms with Gasteiger partial charge in [-0.05, 0) is 12.1 Å². The molecule has 9 heteroatoms.